The second kappa shape index (κ2) is 11.1. The summed E-state index contributed by atoms with van der Waals surface area (Å²) < 4.78 is 32.1. The highest BCUT2D eigenvalue weighted by atomic mass is 32.2. The highest BCUT2D eigenvalue weighted by molar-refractivity contribution is 7.89. The number of nitrogens with one attached hydrogen (secondary N) is 2. The summed E-state index contributed by atoms with van der Waals surface area (Å²) in [5, 5.41) is 2.88. The predicted molar refractivity (Wildman–Crippen MR) is 119 cm³/mol. The van der Waals surface area contributed by atoms with E-state index in [2.05, 4.69) is 23.9 Å². The Labute approximate surface area is 184 Å². The largest absolute Gasteiger partial charge is 0.454 e. The van der Waals surface area contributed by atoms with Crippen molar-refractivity contribution in [3.63, 3.8) is 0 Å². The van der Waals surface area contributed by atoms with Crippen LogP contribution in [0.2, 0.25) is 0 Å². The molecule has 2 aromatic rings. The monoisotopic (exact) mass is 446 g/mol. The summed E-state index contributed by atoms with van der Waals surface area (Å²) in [4.78, 5) is 24.6. The van der Waals surface area contributed by atoms with Crippen molar-refractivity contribution in [2.24, 2.45) is 5.92 Å². The van der Waals surface area contributed by atoms with Gasteiger partial charge in [-0.1, -0.05) is 61.9 Å². The van der Waals surface area contributed by atoms with E-state index in [-0.39, 0.29) is 10.9 Å². The number of sulfonamides is 1. The minimum atomic E-state index is -3.88. The van der Waals surface area contributed by atoms with E-state index in [1.165, 1.54) is 19.1 Å². The fraction of sp³-hybridized carbons (Fsp3) is 0.391. The highest BCUT2D eigenvalue weighted by Gasteiger charge is 2.24. The smallest absolute Gasteiger partial charge is 0.324 e. The Balaban J connectivity index is 1.91. The van der Waals surface area contributed by atoms with Crippen LogP contribution >= 0.6 is 0 Å². The number of hydrogen-bond donors (Lipinski definition) is 2. The van der Waals surface area contributed by atoms with Crippen molar-refractivity contribution in [2.75, 3.05) is 6.61 Å². The maximum atomic E-state index is 12.4. The Morgan fingerprint density at radius 1 is 0.968 bits per heavy atom. The van der Waals surface area contributed by atoms with Crippen LogP contribution in [0.15, 0.2) is 59.5 Å². The van der Waals surface area contributed by atoms with E-state index < -0.39 is 34.5 Å². The average molecular weight is 447 g/mol. The first-order valence-electron chi connectivity index (χ1n) is 10.2. The average Bonchev–Trinajstić information content (AvgIpc) is 2.71. The standard InChI is InChI=1S/C23H30N2O5S/c1-16(2)14-21(19-8-6-5-7-9-19)24-22(26)15-30-23(27)18(4)25-31(28,29)20-12-10-17(3)11-13-20/h5-13,16,18,21,25H,14-15H2,1-4H3,(H,24,26)/t18-,21-/m1/s1. The van der Waals surface area contributed by atoms with E-state index in [1.54, 1.807) is 12.1 Å². The molecule has 0 aliphatic heterocycles. The maximum absolute atomic E-state index is 12.4. The topological polar surface area (TPSA) is 102 Å². The fourth-order valence-electron chi connectivity index (χ4n) is 3.00. The molecule has 0 unspecified atom stereocenters. The van der Waals surface area contributed by atoms with Crippen LogP contribution in [-0.4, -0.2) is 32.9 Å². The molecule has 0 aromatic heterocycles. The molecule has 0 fully saturated rings. The zero-order valence-corrected chi connectivity index (χ0v) is 19.1. The lowest BCUT2D eigenvalue weighted by Gasteiger charge is -2.21. The van der Waals surface area contributed by atoms with Gasteiger partial charge in [-0.3, -0.25) is 9.59 Å². The summed E-state index contributed by atoms with van der Waals surface area (Å²) in [6.45, 7) is 6.85. The fourth-order valence-corrected chi connectivity index (χ4v) is 4.19. The second-order valence-corrected chi connectivity index (χ2v) is 9.64. The van der Waals surface area contributed by atoms with E-state index in [4.69, 9.17) is 4.74 Å². The first-order valence-corrected chi connectivity index (χ1v) is 11.7. The normalized spacial score (nSPS) is 13.5. The van der Waals surface area contributed by atoms with Crippen molar-refractivity contribution < 1.29 is 22.7 Å². The first kappa shape index (κ1) is 24.6. The maximum Gasteiger partial charge on any atom is 0.324 e. The van der Waals surface area contributed by atoms with Gasteiger partial charge in [-0.15, -0.1) is 0 Å². The number of carbonyl (C=O) groups excluding carboxylic acids is 2. The van der Waals surface area contributed by atoms with E-state index in [9.17, 15) is 18.0 Å². The number of rotatable bonds is 10. The zero-order valence-electron chi connectivity index (χ0n) is 18.3. The lowest BCUT2D eigenvalue weighted by molar-refractivity contribution is -0.150. The van der Waals surface area contributed by atoms with Gasteiger partial charge in [-0.05, 0) is 43.9 Å². The van der Waals surface area contributed by atoms with Crippen LogP contribution in [0.25, 0.3) is 0 Å². The molecule has 0 radical (unpaired) electrons. The number of ether oxygens (including phenoxy) is 1. The van der Waals surface area contributed by atoms with Crippen LogP contribution in [0.3, 0.4) is 0 Å². The summed E-state index contributed by atoms with van der Waals surface area (Å²) >= 11 is 0. The molecule has 8 heteroatoms. The van der Waals surface area contributed by atoms with Crippen molar-refractivity contribution >= 4 is 21.9 Å². The molecule has 0 spiro atoms. The van der Waals surface area contributed by atoms with Crippen molar-refractivity contribution in [3.05, 3.63) is 65.7 Å². The van der Waals surface area contributed by atoms with Crippen molar-refractivity contribution in [3.8, 4) is 0 Å². The third-order valence-corrected chi connectivity index (χ3v) is 6.16. The van der Waals surface area contributed by atoms with Gasteiger partial charge in [-0.25, -0.2) is 8.42 Å². The van der Waals surface area contributed by atoms with E-state index in [0.717, 1.165) is 17.5 Å². The van der Waals surface area contributed by atoms with Crippen LogP contribution in [-0.2, 0) is 24.3 Å². The minimum absolute atomic E-state index is 0.0508. The van der Waals surface area contributed by atoms with E-state index >= 15 is 0 Å². The Morgan fingerprint density at radius 2 is 1.58 bits per heavy atom. The Morgan fingerprint density at radius 3 is 2.16 bits per heavy atom. The molecule has 2 N–H and O–H groups in total. The molecule has 168 valence electrons. The number of esters is 1. The number of carbonyl (C=O) groups is 2. The molecule has 0 saturated carbocycles. The van der Waals surface area contributed by atoms with Gasteiger partial charge in [0.15, 0.2) is 6.61 Å². The molecule has 0 aliphatic carbocycles. The third kappa shape index (κ3) is 7.80. The van der Waals surface area contributed by atoms with E-state index in [1.807, 2.05) is 37.3 Å². The Hall–Kier alpha value is -2.71. The van der Waals surface area contributed by atoms with E-state index in [0.29, 0.717) is 5.92 Å². The second-order valence-electron chi connectivity index (χ2n) is 7.92. The summed E-state index contributed by atoms with van der Waals surface area (Å²) in [7, 11) is -3.88. The van der Waals surface area contributed by atoms with Gasteiger partial charge in [-0.2, -0.15) is 4.72 Å². The number of aryl methyl sites for hydroxylation is 1. The van der Waals surface area contributed by atoms with Crippen LogP contribution in [0.1, 0.15) is 44.4 Å². The zero-order chi connectivity index (χ0) is 23.0. The summed E-state index contributed by atoms with van der Waals surface area (Å²) in [6.07, 6.45) is 0.733. The third-order valence-electron chi connectivity index (χ3n) is 4.61. The molecule has 0 heterocycles. The molecule has 0 bridgehead atoms. The molecule has 2 rings (SSSR count). The lowest BCUT2D eigenvalue weighted by Crippen LogP contribution is -2.41. The summed E-state index contributed by atoms with van der Waals surface area (Å²) in [5.41, 5.74) is 1.89. The van der Waals surface area contributed by atoms with Crippen LogP contribution in [0.5, 0.6) is 0 Å². The molecule has 0 aliphatic rings. The van der Waals surface area contributed by atoms with Crippen LogP contribution in [0, 0.1) is 12.8 Å². The van der Waals surface area contributed by atoms with Gasteiger partial charge in [0.2, 0.25) is 10.0 Å². The van der Waals surface area contributed by atoms with Gasteiger partial charge < -0.3 is 10.1 Å². The Bertz CT molecular complexity index is 973. The molecular formula is C23H30N2O5S. The van der Waals surface area contributed by atoms with Crippen molar-refractivity contribution in [1.82, 2.24) is 10.0 Å². The minimum Gasteiger partial charge on any atom is -0.454 e. The Kier molecular flexibility index (Phi) is 8.76. The SMILES string of the molecule is Cc1ccc(S(=O)(=O)N[C@H](C)C(=O)OCC(=O)N[C@H](CC(C)C)c2ccccc2)cc1. The molecule has 31 heavy (non-hydrogen) atoms. The van der Waals surface area contributed by atoms with Gasteiger partial charge in [0.25, 0.3) is 5.91 Å². The predicted octanol–water partition coefficient (Wildman–Crippen LogP) is 3.11. The molecule has 2 atom stereocenters. The van der Waals surface area contributed by atoms with Gasteiger partial charge in [0.05, 0.1) is 10.9 Å². The molecular weight excluding hydrogens is 416 g/mol. The van der Waals surface area contributed by atoms with Gasteiger partial charge >= 0.3 is 5.97 Å². The lowest BCUT2D eigenvalue weighted by atomic mass is 9.97. The van der Waals surface area contributed by atoms with Gasteiger partial charge in [0.1, 0.15) is 6.04 Å². The molecule has 7 nitrogen and oxygen atoms in total. The summed E-state index contributed by atoms with van der Waals surface area (Å²) in [5.74, 6) is -0.924. The van der Waals surface area contributed by atoms with Crippen LogP contribution in [0.4, 0.5) is 0 Å². The number of hydrogen-bond acceptors (Lipinski definition) is 5. The number of benzene rings is 2. The number of amides is 1. The van der Waals surface area contributed by atoms with Crippen molar-refractivity contribution in [1.29, 1.82) is 0 Å². The summed E-state index contributed by atoms with van der Waals surface area (Å²) in [6, 6.07) is 14.5. The molecule has 2 aromatic carbocycles. The van der Waals surface area contributed by atoms with Crippen LogP contribution < -0.4 is 10.0 Å². The van der Waals surface area contributed by atoms with Crippen molar-refractivity contribution in [2.45, 2.75) is 51.1 Å². The van der Waals surface area contributed by atoms with Gasteiger partial charge in [0, 0.05) is 0 Å². The molecule has 1 amide bonds. The molecule has 0 saturated heterocycles. The highest BCUT2D eigenvalue weighted by Crippen LogP contribution is 2.21. The first-order chi connectivity index (χ1) is 14.6. The quantitative estimate of drug-likeness (QED) is 0.546.